The number of carbonyl (C=O) groups is 1. The molecule has 2 fully saturated rings. The van der Waals surface area contributed by atoms with Gasteiger partial charge in [-0.1, -0.05) is 0 Å². The first-order chi connectivity index (χ1) is 11.8. The molecule has 1 amide bonds. The maximum Gasteiger partial charge on any atom is 0.254 e. The van der Waals surface area contributed by atoms with E-state index in [-0.39, 0.29) is 11.9 Å². The van der Waals surface area contributed by atoms with Crippen LogP contribution < -0.4 is 4.74 Å². The maximum atomic E-state index is 13.1. The second-order valence-electron chi connectivity index (χ2n) is 6.61. The number of hydrogen-bond acceptors (Lipinski definition) is 4. The van der Waals surface area contributed by atoms with Crippen LogP contribution in [-0.4, -0.2) is 39.6 Å². The summed E-state index contributed by atoms with van der Waals surface area (Å²) in [4.78, 5) is 19.3. The number of benzene rings is 1. The van der Waals surface area contributed by atoms with Crippen LogP contribution >= 0.6 is 0 Å². The van der Waals surface area contributed by atoms with Gasteiger partial charge in [-0.3, -0.25) is 9.89 Å². The third-order valence-electron chi connectivity index (χ3n) is 5.01. The van der Waals surface area contributed by atoms with Crippen LogP contribution in [0.2, 0.25) is 0 Å². The van der Waals surface area contributed by atoms with E-state index in [2.05, 4.69) is 15.2 Å². The van der Waals surface area contributed by atoms with Gasteiger partial charge in [0.05, 0.1) is 13.2 Å². The van der Waals surface area contributed by atoms with Gasteiger partial charge >= 0.3 is 0 Å². The van der Waals surface area contributed by atoms with Crippen molar-refractivity contribution >= 4 is 5.91 Å². The molecule has 1 aromatic heterocycles. The van der Waals surface area contributed by atoms with E-state index in [9.17, 15) is 4.79 Å². The molecule has 2 heterocycles. The van der Waals surface area contributed by atoms with Crippen molar-refractivity contribution in [3.8, 4) is 5.75 Å². The Kier molecular flexibility index (Phi) is 3.96. The molecule has 1 saturated heterocycles. The number of piperidine rings is 1. The van der Waals surface area contributed by atoms with Crippen LogP contribution in [0.15, 0.2) is 24.5 Å². The second-order valence-corrected chi connectivity index (χ2v) is 6.61. The predicted molar refractivity (Wildman–Crippen MR) is 89.0 cm³/mol. The molecule has 1 aliphatic carbocycles. The summed E-state index contributed by atoms with van der Waals surface area (Å²) >= 11 is 0. The van der Waals surface area contributed by atoms with E-state index in [1.807, 2.05) is 23.1 Å². The molecule has 1 aromatic carbocycles. The van der Waals surface area contributed by atoms with E-state index >= 15 is 0 Å². The molecular weight excluding hydrogens is 304 g/mol. The van der Waals surface area contributed by atoms with Gasteiger partial charge in [-0.2, -0.15) is 5.10 Å². The molecule has 0 bridgehead atoms. The SMILES string of the molecule is COc1ccc(C(=O)N2CCCC[C@H]2c2ncn[nH]2)cc1C1CC1. The molecule has 2 aromatic rings. The van der Waals surface area contributed by atoms with Crippen LogP contribution in [0.3, 0.4) is 0 Å². The number of methoxy groups -OCH3 is 1. The van der Waals surface area contributed by atoms with Crippen molar-refractivity contribution < 1.29 is 9.53 Å². The summed E-state index contributed by atoms with van der Waals surface area (Å²) in [6, 6.07) is 5.80. The number of rotatable bonds is 4. The molecular formula is C18H22N4O2. The largest absolute Gasteiger partial charge is 0.496 e. The number of aromatic nitrogens is 3. The van der Waals surface area contributed by atoms with Gasteiger partial charge in [0.1, 0.15) is 17.9 Å². The van der Waals surface area contributed by atoms with Gasteiger partial charge in [0.2, 0.25) is 0 Å². The minimum absolute atomic E-state index is 0.0137. The summed E-state index contributed by atoms with van der Waals surface area (Å²) in [6.07, 6.45) is 6.92. The molecule has 6 heteroatoms. The number of ether oxygens (including phenoxy) is 1. The molecule has 1 aliphatic heterocycles. The zero-order valence-electron chi connectivity index (χ0n) is 13.9. The highest BCUT2D eigenvalue weighted by Crippen LogP contribution is 2.44. The van der Waals surface area contributed by atoms with Crippen molar-refractivity contribution in [2.45, 2.75) is 44.1 Å². The zero-order chi connectivity index (χ0) is 16.5. The minimum atomic E-state index is -0.0137. The first kappa shape index (κ1) is 15.2. The number of nitrogens with zero attached hydrogens (tertiary/aromatic N) is 3. The quantitative estimate of drug-likeness (QED) is 0.937. The van der Waals surface area contributed by atoms with Crippen molar-refractivity contribution in [1.29, 1.82) is 0 Å². The Morgan fingerprint density at radius 1 is 1.29 bits per heavy atom. The average Bonchev–Trinajstić information content (AvgIpc) is 3.34. The fourth-order valence-corrected chi connectivity index (χ4v) is 3.58. The normalized spacial score (nSPS) is 20.9. The summed E-state index contributed by atoms with van der Waals surface area (Å²) in [5, 5.41) is 6.87. The zero-order valence-corrected chi connectivity index (χ0v) is 13.9. The third-order valence-corrected chi connectivity index (χ3v) is 5.01. The monoisotopic (exact) mass is 326 g/mol. The van der Waals surface area contributed by atoms with Gasteiger partial charge in [0.25, 0.3) is 5.91 Å². The Morgan fingerprint density at radius 2 is 2.17 bits per heavy atom. The van der Waals surface area contributed by atoms with E-state index < -0.39 is 0 Å². The lowest BCUT2D eigenvalue weighted by Crippen LogP contribution is -2.39. The van der Waals surface area contributed by atoms with Crippen LogP contribution in [0.5, 0.6) is 5.75 Å². The predicted octanol–water partition coefficient (Wildman–Crippen LogP) is 3.06. The van der Waals surface area contributed by atoms with Crippen LogP contribution in [-0.2, 0) is 0 Å². The van der Waals surface area contributed by atoms with E-state index in [4.69, 9.17) is 4.74 Å². The van der Waals surface area contributed by atoms with Gasteiger partial charge in [-0.15, -0.1) is 0 Å². The van der Waals surface area contributed by atoms with E-state index in [1.165, 1.54) is 19.2 Å². The molecule has 0 spiro atoms. The van der Waals surface area contributed by atoms with Gasteiger partial charge in [-0.05, 0) is 61.8 Å². The Balaban J connectivity index is 1.63. The van der Waals surface area contributed by atoms with Crippen molar-refractivity contribution in [1.82, 2.24) is 20.1 Å². The van der Waals surface area contributed by atoms with Crippen molar-refractivity contribution in [2.75, 3.05) is 13.7 Å². The lowest BCUT2D eigenvalue weighted by molar-refractivity contribution is 0.0600. The molecule has 0 radical (unpaired) electrons. The highest BCUT2D eigenvalue weighted by molar-refractivity contribution is 5.95. The molecule has 4 rings (SSSR count). The number of carbonyl (C=O) groups excluding carboxylic acids is 1. The maximum absolute atomic E-state index is 13.1. The van der Waals surface area contributed by atoms with Crippen molar-refractivity contribution in [3.63, 3.8) is 0 Å². The lowest BCUT2D eigenvalue weighted by Gasteiger charge is -2.34. The first-order valence-electron chi connectivity index (χ1n) is 8.62. The Bertz CT molecular complexity index is 725. The highest BCUT2D eigenvalue weighted by Gasteiger charge is 2.32. The van der Waals surface area contributed by atoms with Gasteiger partial charge < -0.3 is 9.64 Å². The molecule has 126 valence electrons. The Morgan fingerprint density at radius 3 is 2.88 bits per heavy atom. The number of amides is 1. The van der Waals surface area contributed by atoms with E-state index in [0.717, 1.165) is 48.5 Å². The van der Waals surface area contributed by atoms with Crippen LogP contribution in [0.4, 0.5) is 0 Å². The summed E-state index contributed by atoms with van der Waals surface area (Å²) < 4.78 is 5.46. The van der Waals surface area contributed by atoms with Gasteiger partial charge in [-0.25, -0.2) is 4.98 Å². The molecule has 24 heavy (non-hydrogen) atoms. The van der Waals surface area contributed by atoms with Gasteiger partial charge in [0.15, 0.2) is 0 Å². The molecule has 2 aliphatic rings. The van der Waals surface area contributed by atoms with Crippen molar-refractivity contribution in [3.05, 3.63) is 41.5 Å². The molecule has 1 N–H and O–H groups in total. The molecule has 0 unspecified atom stereocenters. The minimum Gasteiger partial charge on any atom is -0.496 e. The second kappa shape index (κ2) is 6.26. The summed E-state index contributed by atoms with van der Waals surface area (Å²) in [6.45, 7) is 0.759. The molecule has 1 atom stereocenters. The Hall–Kier alpha value is -2.37. The van der Waals surface area contributed by atoms with Crippen LogP contribution in [0, 0.1) is 0 Å². The number of H-pyrrole nitrogens is 1. The first-order valence-corrected chi connectivity index (χ1v) is 8.62. The topological polar surface area (TPSA) is 71.1 Å². The smallest absolute Gasteiger partial charge is 0.254 e. The lowest BCUT2D eigenvalue weighted by atomic mass is 9.99. The average molecular weight is 326 g/mol. The summed E-state index contributed by atoms with van der Waals surface area (Å²) in [7, 11) is 1.69. The van der Waals surface area contributed by atoms with Crippen LogP contribution in [0.1, 0.15) is 65.8 Å². The van der Waals surface area contributed by atoms with E-state index in [1.54, 1.807) is 7.11 Å². The number of aromatic amines is 1. The number of hydrogen-bond donors (Lipinski definition) is 1. The fourth-order valence-electron chi connectivity index (χ4n) is 3.58. The standard InChI is InChI=1S/C18H22N4O2/c1-24-16-8-7-13(10-14(16)12-5-6-12)18(23)22-9-3-2-4-15(22)17-19-11-20-21-17/h7-8,10-12,15H,2-6,9H2,1H3,(H,19,20,21)/t15-/m0/s1. The molecule has 1 saturated carbocycles. The van der Waals surface area contributed by atoms with Gasteiger partial charge in [0, 0.05) is 12.1 Å². The van der Waals surface area contributed by atoms with Crippen molar-refractivity contribution in [2.24, 2.45) is 0 Å². The molecule has 6 nitrogen and oxygen atoms in total. The summed E-state index contributed by atoms with van der Waals surface area (Å²) in [5.74, 6) is 2.28. The third kappa shape index (κ3) is 2.77. The number of nitrogens with one attached hydrogen (secondary N) is 1. The Labute approximate surface area is 141 Å². The van der Waals surface area contributed by atoms with E-state index in [0.29, 0.717) is 5.92 Å². The summed E-state index contributed by atoms with van der Waals surface area (Å²) in [5.41, 5.74) is 1.90. The fraction of sp³-hybridized carbons (Fsp3) is 0.500. The number of likely N-dealkylation sites (tertiary alicyclic amines) is 1. The highest BCUT2D eigenvalue weighted by atomic mass is 16.5. The van der Waals surface area contributed by atoms with Crippen LogP contribution in [0.25, 0.3) is 0 Å².